The zero-order valence-electron chi connectivity index (χ0n) is 19.4. The normalized spacial score (nSPS) is 11.1. The van der Waals surface area contributed by atoms with Crippen molar-refractivity contribution in [3.8, 4) is 11.4 Å². The van der Waals surface area contributed by atoms with Crippen molar-refractivity contribution in [1.29, 1.82) is 0 Å². The molecule has 0 aliphatic heterocycles. The summed E-state index contributed by atoms with van der Waals surface area (Å²) >= 11 is 0. The van der Waals surface area contributed by atoms with Crippen molar-refractivity contribution < 1.29 is 4.79 Å². The Morgan fingerprint density at radius 3 is 2.28 bits per heavy atom. The van der Waals surface area contributed by atoms with Crippen LogP contribution in [0.25, 0.3) is 11.4 Å². The molecule has 4 rings (SSSR count). The van der Waals surface area contributed by atoms with E-state index < -0.39 is 0 Å². The lowest BCUT2D eigenvalue weighted by molar-refractivity contribution is 0.0778. The summed E-state index contributed by atoms with van der Waals surface area (Å²) in [7, 11) is 1.79. The molecule has 4 aromatic rings. The number of carbonyl (C=O) groups is 1. The minimum absolute atomic E-state index is 0.164. The van der Waals surface area contributed by atoms with Gasteiger partial charge in [0.1, 0.15) is 0 Å². The van der Waals surface area contributed by atoms with Gasteiger partial charge in [-0.2, -0.15) is 5.10 Å². The first kappa shape index (κ1) is 21.5. The average molecular weight is 429 g/mol. The minimum atomic E-state index is -0.164. The zero-order chi connectivity index (χ0) is 23.0. The highest BCUT2D eigenvalue weighted by molar-refractivity contribution is 5.93. The summed E-state index contributed by atoms with van der Waals surface area (Å²) in [6.45, 7) is 10.4. The second kappa shape index (κ2) is 8.42. The third-order valence-electron chi connectivity index (χ3n) is 5.90. The van der Waals surface area contributed by atoms with Gasteiger partial charge in [-0.15, -0.1) is 5.10 Å². The summed E-state index contributed by atoms with van der Waals surface area (Å²) in [5.74, 6) is -0.164. The number of hydrogen-bond acceptors (Lipinski definition) is 4. The van der Waals surface area contributed by atoms with Crippen LogP contribution >= 0.6 is 0 Å². The molecule has 0 fully saturated rings. The summed E-state index contributed by atoms with van der Waals surface area (Å²) in [6.07, 6.45) is 0. The second-order valence-corrected chi connectivity index (χ2v) is 8.28. The molecular formula is C25H28N6O. The molecule has 7 nitrogen and oxygen atoms in total. The van der Waals surface area contributed by atoms with E-state index in [0.29, 0.717) is 12.2 Å². The lowest BCUT2D eigenvalue weighted by Crippen LogP contribution is -2.27. The van der Waals surface area contributed by atoms with Gasteiger partial charge in [-0.3, -0.25) is 4.79 Å². The standard InChI is InChI=1S/C25H28N6O/c1-16-11-13-21(14-12-16)30-20(5)24(26-28-30)25(32)29(6)15-22-18(3)27-31(19(22)4)23-10-8-7-9-17(23)2/h7-14H,15H2,1-6H3. The summed E-state index contributed by atoms with van der Waals surface area (Å²) in [4.78, 5) is 14.9. The Balaban J connectivity index is 1.59. The van der Waals surface area contributed by atoms with E-state index in [9.17, 15) is 4.79 Å². The molecule has 32 heavy (non-hydrogen) atoms. The highest BCUT2D eigenvalue weighted by Crippen LogP contribution is 2.22. The molecule has 0 aliphatic carbocycles. The summed E-state index contributed by atoms with van der Waals surface area (Å²) in [6, 6.07) is 16.1. The van der Waals surface area contributed by atoms with Gasteiger partial charge in [0.15, 0.2) is 5.69 Å². The second-order valence-electron chi connectivity index (χ2n) is 8.28. The molecule has 0 radical (unpaired) electrons. The van der Waals surface area contributed by atoms with Gasteiger partial charge in [0.2, 0.25) is 0 Å². The molecule has 164 valence electrons. The average Bonchev–Trinajstić information content (AvgIpc) is 3.29. The van der Waals surface area contributed by atoms with Crippen LogP contribution < -0.4 is 0 Å². The molecule has 0 saturated heterocycles. The third-order valence-corrected chi connectivity index (χ3v) is 5.90. The fourth-order valence-corrected chi connectivity index (χ4v) is 3.89. The molecule has 0 N–H and O–H groups in total. The van der Waals surface area contributed by atoms with Crippen molar-refractivity contribution in [2.75, 3.05) is 7.05 Å². The van der Waals surface area contributed by atoms with Gasteiger partial charge in [-0.05, 0) is 58.4 Å². The molecule has 0 spiro atoms. The molecule has 0 bridgehead atoms. The van der Waals surface area contributed by atoms with E-state index in [1.165, 1.54) is 5.56 Å². The maximum absolute atomic E-state index is 13.2. The fraction of sp³-hybridized carbons (Fsp3) is 0.280. The Bertz CT molecular complexity index is 1280. The van der Waals surface area contributed by atoms with Gasteiger partial charge < -0.3 is 4.90 Å². The SMILES string of the molecule is Cc1ccc(-n2nnc(C(=O)N(C)Cc3c(C)nn(-c4ccccc4C)c3C)c2C)cc1. The summed E-state index contributed by atoms with van der Waals surface area (Å²) < 4.78 is 3.66. The van der Waals surface area contributed by atoms with Gasteiger partial charge in [0.05, 0.1) is 22.8 Å². The van der Waals surface area contributed by atoms with Crippen molar-refractivity contribution in [2.24, 2.45) is 0 Å². The first-order valence-corrected chi connectivity index (χ1v) is 10.6. The number of carbonyl (C=O) groups excluding carboxylic acids is 1. The maximum Gasteiger partial charge on any atom is 0.276 e. The monoisotopic (exact) mass is 428 g/mol. The van der Waals surface area contributed by atoms with Crippen LogP contribution in [0.5, 0.6) is 0 Å². The Morgan fingerprint density at radius 2 is 1.59 bits per heavy atom. The quantitative estimate of drug-likeness (QED) is 0.476. The van der Waals surface area contributed by atoms with Crippen LogP contribution in [0.4, 0.5) is 0 Å². The number of aryl methyl sites for hydroxylation is 3. The number of amides is 1. The van der Waals surface area contributed by atoms with Gasteiger partial charge in [0.25, 0.3) is 5.91 Å². The molecule has 2 aromatic carbocycles. The van der Waals surface area contributed by atoms with Crippen LogP contribution in [-0.2, 0) is 6.54 Å². The largest absolute Gasteiger partial charge is 0.336 e. The van der Waals surface area contributed by atoms with Crippen LogP contribution in [0.15, 0.2) is 48.5 Å². The Kier molecular flexibility index (Phi) is 5.65. The van der Waals surface area contributed by atoms with Crippen LogP contribution in [0, 0.1) is 34.6 Å². The predicted octanol–water partition coefficient (Wildman–Crippen LogP) is 4.27. The van der Waals surface area contributed by atoms with E-state index in [1.807, 2.05) is 68.8 Å². The van der Waals surface area contributed by atoms with Crippen molar-refractivity contribution in [1.82, 2.24) is 29.7 Å². The van der Waals surface area contributed by atoms with Crippen molar-refractivity contribution in [3.05, 3.63) is 88.0 Å². The Hall–Kier alpha value is -3.74. The van der Waals surface area contributed by atoms with Gasteiger partial charge in [-0.25, -0.2) is 9.36 Å². The summed E-state index contributed by atoms with van der Waals surface area (Å²) in [5.41, 5.74) is 8.29. The first-order valence-electron chi connectivity index (χ1n) is 10.6. The number of aromatic nitrogens is 5. The van der Waals surface area contributed by atoms with Gasteiger partial charge in [-0.1, -0.05) is 41.1 Å². The Morgan fingerprint density at radius 1 is 0.906 bits per heavy atom. The topological polar surface area (TPSA) is 68.8 Å². The molecule has 2 aromatic heterocycles. The van der Waals surface area contributed by atoms with E-state index in [-0.39, 0.29) is 5.91 Å². The van der Waals surface area contributed by atoms with E-state index >= 15 is 0 Å². The molecule has 2 heterocycles. The first-order chi connectivity index (χ1) is 15.3. The minimum Gasteiger partial charge on any atom is -0.336 e. The lowest BCUT2D eigenvalue weighted by Gasteiger charge is -2.17. The van der Waals surface area contributed by atoms with E-state index in [0.717, 1.165) is 39.6 Å². The fourth-order valence-electron chi connectivity index (χ4n) is 3.89. The lowest BCUT2D eigenvalue weighted by atomic mass is 10.1. The number of benzene rings is 2. The molecule has 0 unspecified atom stereocenters. The number of rotatable bonds is 5. The predicted molar refractivity (Wildman–Crippen MR) is 124 cm³/mol. The molecule has 0 saturated carbocycles. The molecular weight excluding hydrogens is 400 g/mol. The molecule has 0 atom stereocenters. The number of nitrogens with zero attached hydrogens (tertiary/aromatic N) is 6. The van der Waals surface area contributed by atoms with Crippen molar-refractivity contribution >= 4 is 5.91 Å². The van der Waals surface area contributed by atoms with Crippen molar-refractivity contribution in [3.63, 3.8) is 0 Å². The molecule has 7 heteroatoms. The number of para-hydroxylation sites is 1. The highest BCUT2D eigenvalue weighted by Gasteiger charge is 2.23. The Labute approximate surface area is 188 Å². The number of hydrogen-bond donors (Lipinski definition) is 0. The van der Waals surface area contributed by atoms with Crippen molar-refractivity contribution in [2.45, 2.75) is 41.2 Å². The van der Waals surface area contributed by atoms with E-state index in [4.69, 9.17) is 5.10 Å². The summed E-state index contributed by atoms with van der Waals surface area (Å²) in [5, 5.41) is 13.1. The van der Waals surface area contributed by atoms with Crippen LogP contribution in [0.2, 0.25) is 0 Å². The van der Waals surface area contributed by atoms with Crippen LogP contribution in [0.1, 0.15) is 44.3 Å². The van der Waals surface area contributed by atoms with Gasteiger partial charge in [0, 0.05) is 24.8 Å². The van der Waals surface area contributed by atoms with Crippen LogP contribution in [0.3, 0.4) is 0 Å². The molecule has 1 amide bonds. The zero-order valence-corrected chi connectivity index (χ0v) is 19.4. The highest BCUT2D eigenvalue weighted by atomic mass is 16.2. The van der Waals surface area contributed by atoms with E-state index in [2.05, 4.69) is 29.4 Å². The van der Waals surface area contributed by atoms with Gasteiger partial charge >= 0.3 is 0 Å². The smallest absolute Gasteiger partial charge is 0.276 e. The maximum atomic E-state index is 13.2. The van der Waals surface area contributed by atoms with E-state index in [1.54, 1.807) is 16.6 Å². The molecule has 0 aliphatic rings. The van der Waals surface area contributed by atoms with Crippen LogP contribution in [-0.4, -0.2) is 42.6 Å². The third kappa shape index (κ3) is 3.82.